The van der Waals surface area contributed by atoms with E-state index in [-0.39, 0.29) is 0 Å². The van der Waals surface area contributed by atoms with Crippen LogP contribution in [0.4, 0.5) is 10.5 Å². The fourth-order valence-electron chi connectivity index (χ4n) is 1.03. The molecule has 1 aromatic heterocycles. The van der Waals surface area contributed by atoms with Crippen molar-refractivity contribution in [2.75, 3.05) is 5.32 Å². The average molecular weight is 226 g/mol. The SMILES string of the molecule is CC(NC(=O)Nc1cn[nH]c1)C(C)C(=O)O. The van der Waals surface area contributed by atoms with Gasteiger partial charge in [0.2, 0.25) is 0 Å². The maximum Gasteiger partial charge on any atom is 0.319 e. The number of nitrogens with zero attached hydrogens (tertiary/aromatic N) is 1. The quantitative estimate of drug-likeness (QED) is 0.604. The molecule has 2 amide bonds. The minimum atomic E-state index is -0.948. The number of carboxylic acid groups (broad SMARTS) is 1. The highest BCUT2D eigenvalue weighted by atomic mass is 16.4. The first-order valence-corrected chi connectivity index (χ1v) is 4.80. The smallest absolute Gasteiger partial charge is 0.319 e. The molecule has 1 heterocycles. The normalized spacial score (nSPS) is 13.9. The highest BCUT2D eigenvalue weighted by molar-refractivity contribution is 5.89. The monoisotopic (exact) mass is 226 g/mol. The Bertz CT molecular complexity index is 363. The van der Waals surface area contributed by atoms with E-state index < -0.39 is 24.0 Å². The summed E-state index contributed by atoms with van der Waals surface area (Å²) < 4.78 is 0. The highest BCUT2D eigenvalue weighted by Gasteiger charge is 2.20. The van der Waals surface area contributed by atoms with Crippen LogP contribution in [0.1, 0.15) is 13.8 Å². The Labute approximate surface area is 92.2 Å². The maximum absolute atomic E-state index is 11.4. The zero-order valence-electron chi connectivity index (χ0n) is 9.02. The second-order valence-corrected chi connectivity index (χ2v) is 3.50. The Morgan fingerprint density at radius 3 is 2.69 bits per heavy atom. The average Bonchev–Trinajstić information content (AvgIpc) is 2.68. The molecule has 7 heteroatoms. The van der Waals surface area contributed by atoms with Crippen molar-refractivity contribution >= 4 is 17.7 Å². The van der Waals surface area contributed by atoms with Crippen molar-refractivity contribution in [2.24, 2.45) is 5.92 Å². The molecule has 0 bridgehead atoms. The van der Waals surface area contributed by atoms with Crippen molar-refractivity contribution in [1.82, 2.24) is 15.5 Å². The summed E-state index contributed by atoms with van der Waals surface area (Å²) in [7, 11) is 0. The number of anilines is 1. The second kappa shape index (κ2) is 5.15. The van der Waals surface area contributed by atoms with Crippen LogP contribution in [0.5, 0.6) is 0 Å². The van der Waals surface area contributed by atoms with Crippen molar-refractivity contribution < 1.29 is 14.7 Å². The minimum absolute atomic E-state index is 0.454. The van der Waals surface area contributed by atoms with Gasteiger partial charge < -0.3 is 15.7 Å². The van der Waals surface area contributed by atoms with E-state index in [2.05, 4.69) is 20.8 Å². The van der Waals surface area contributed by atoms with E-state index in [1.165, 1.54) is 19.3 Å². The lowest BCUT2D eigenvalue weighted by Gasteiger charge is -2.17. The van der Waals surface area contributed by atoms with Crippen molar-refractivity contribution in [2.45, 2.75) is 19.9 Å². The van der Waals surface area contributed by atoms with E-state index in [0.29, 0.717) is 5.69 Å². The summed E-state index contributed by atoms with van der Waals surface area (Å²) in [6.45, 7) is 3.17. The molecule has 0 aromatic carbocycles. The number of rotatable bonds is 4. The molecule has 0 fully saturated rings. The zero-order valence-corrected chi connectivity index (χ0v) is 9.02. The minimum Gasteiger partial charge on any atom is -0.481 e. The van der Waals surface area contributed by atoms with Gasteiger partial charge in [-0.1, -0.05) is 0 Å². The number of hydrogen-bond donors (Lipinski definition) is 4. The Hall–Kier alpha value is -2.05. The van der Waals surface area contributed by atoms with Gasteiger partial charge in [-0.05, 0) is 13.8 Å². The number of carbonyl (C=O) groups is 2. The second-order valence-electron chi connectivity index (χ2n) is 3.50. The molecule has 0 spiro atoms. The van der Waals surface area contributed by atoms with E-state index in [4.69, 9.17) is 5.11 Å². The first-order valence-electron chi connectivity index (χ1n) is 4.80. The molecule has 1 rings (SSSR count). The summed E-state index contributed by atoms with van der Waals surface area (Å²) in [6, 6.07) is -0.911. The number of carboxylic acids is 1. The van der Waals surface area contributed by atoms with Crippen LogP contribution in [-0.2, 0) is 4.79 Å². The number of H-pyrrole nitrogens is 1. The van der Waals surface area contributed by atoms with E-state index in [1.54, 1.807) is 6.92 Å². The maximum atomic E-state index is 11.4. The highest BCUT2D eigenvalue weighted by Crippen LogP contribution is 2.04. The van der Waals surface area contributed by atoms with Gasteiger partial charge in [-0.15, -0.1) is 0 Å². The third-order valence-electron chi connectivity index (χ3n) is 2.25. The Balaban J connectivity index is 2.42. The molecule has 0 aliphatic heterocycles. The summed E-state index contributed by atoms with van der Waals surface area (Å²) in [5.74, 6) is -1.59. The number of aromatic amines is 1. The van der Waals surface area contributed by atoms with Gasteiger partial charge in [-0.25, -0.2) is 4.79 Å². The molecule has 1 aromatic rings. The summed E-state index contributed by atoms with van der Waals surface area (Å²) >= 11 is 0. The molecule has 0 saturated heterocycles. The number of urea groups is 1. The van der Waals surface area contributed by atoms with Crippen LogP contribution in [0.15, 0.2) is 12.4 Å². The van der Waals surface area contributed by atoms with Crippen molar-refractivity contribution in [3.05, 3.63) is 12.4 Å². The first-order chi connectivity index (χ1) is 7.50. The molecule has 16 heavy (non-hydrogen) atoms. The third-order valence-corrected chi connectivity index (χ3v) is 2.25. The number of aliphatic carboxylic acids is 1. The number of amides is 2. The third kappa shape index (κ3) is 3.26. The Morgan fingerprint density at radius 2 is 2.19 bits per heavy atom. The Morgan fingerprint density at radius 1 is 1.50 bits per heavy atom. The fourth-order valence-corrected chi connectivity index (χ4v) is 1.03. The van der Waals surface area contributed by atoms with Gasteiger partial charge in [-0.3, -0.25) is 9.89 Å². The van der Waals surface area contributed by atoms with E-state index in [9.17, 15) is 9.59 Å². The van der Waals surface area contributed by atoms with Crippen molar-refractivity contribution in [3.63, 3.8) is 0 Å². The lowest BCUT2D eigenvalue weighted by molar-refractivity contribution is -0.141. The molecular weight excluding hydrogens is 212 g/mol. The molecule has 7 nitrogen and oxygen atoms in total. The van der Waals surface area contributed by atoms with Gasteiger partial charge >= 0.3 is 12.0 Å². The van der Waals surface area contributed by atoms with Gasteiger partial charge in [0.15, 0.2) is 0 Å². The standard InChI is InChI=1S/C9H14N4O3/c1-5(8(14)15)6(2)12-9(16)13-7-3-10-11-4-7/h3-6H,1-2H3,(H,10,11)(H,14,15)(H2,12,13,16). The number of nitrogens with one attached hydrogen (secondary N) is 3. The van der Waals surface area contributed by atoms with Gasteiger partial charge in [-0.2, -0.15) is 5.10 Å². The van der Waals surface area contributed by atoms with Gasteiger partial charge in [0.25, 0.3) is 0 Å². The van der Waals surface area contributed by atoms with Crippen LogP contribution < -0.4 is 10.6 Å². The molecule has 88 valence electrons. The van der Waals surface area contributed by atoms with Crippen molar-refractivity contribution in [3.8, 4) is 0 Å². The molecule has 2 unspecified atom stereocenters. The number of carbonyl (C=O) groups excluding carboxylic acids is 1. The molecule has 0 radical (unpaired) electrons. The summed E-state index contributed by atoms with van der Waals surface area (Å²) in [5.41, 5.74) is 0.521. The molecular formula is C9H14N4O3. The van der Waals surface area contributed by atoms with Gasteiger partial charge in [0, 0.05) is 12.2 Å². The summed E-state index contributed by atoms with van der Waals surface area (Å²) in [5, 5.41) is 20.0. The molecule has 0 aliphatic carbocycles. The molecule has 0 saturated carbocycles. The molecule has 2 atom stereocenters. The topological polar surface area (TPSA) is 107 Å². The zero-order chi connectivity index (χ0) is 12.1. The lowest BCUT2D eigenvalue weighted by Crippen LogP contribution is -2.42. The van der Waals surface area contributed by atoms with Crippen LogP contribution in [0.25, 0.3) is 0 Å². The summed E-state index contributed by atoms with van der Waals surface area (Å²) in [4.78, 5) is 22.0. The number of hydrogen-bond acceptors (Lipinski definition) is 3. The predicted octanol–water partition coefficient (Wildman–Crippen LogP) is 0.640. The van der Waals surface area contributed by atoms with Crippen LogP contribution in [0.3, 0.4) is 0 Å². The lowest BCUT2D eigenvalue weighted by atomic mass is 10.0. The van der Waals surface area contributed by atoms with Gasteiger partial charge in [0.1, 0.15) is 0 Å². The fraction of sp³-hybridized carbons (Fsp3) is 0.444. The Kier molecular flexibility index (Phi) is 3.87. The largest absolute Gasteiger partial charge is 0.481 e. The van der Waals surface area contributed by atoms with E-state index >= 15 is 0 Å². The van der Waals surface area contributed by atoms with Gasteiger partial charge in [0.05, 0.1) is 17.8 Å². The van der Waals surface area contributed by atoms with E-state index in [0.717, 1.165) is 0 Å². The number of aromatic nitrogens is 2. The van der Waals surface area contributed by atoms with Crippen LogP contribution in [-0.4, -0.2) is 33.3 Å². The van der Waals surface area contributed by atoms with E-state index in [1.807, 2.05) is 0 Å². The summed E-state index contributed by atoms with van der Waals surface area (Å²) in [6.07, 6.45) is 2.97. The van der Waals surface area contributed by atoms with Crippen LogP contribution >= 0.6 is 0 Å². The predicted molar refractivity (Wildman–Crippen MR) is 57.0 cm³/mol. The first kappa shape index (κ1) is 12.0. The molecule has 4 N–H and O–H groups in total. The van der Waals surface area contributed by atoms with Crippen LogP contribution in [0.2, 0.25) is 0 Å². The van der Waals surface area contributed by atoms with Crippen LogP contribution in [0, 0.1) is 5.92 Å². The molecule has 0 aliphatic rings. The van der Waals surface area contributed by atoms with Crippen molar-refractivity contribution in [1.29, 1.82) is 0 Å².